The number of nitrogens with one attached hydrogen (secondary N) is 1. The number of phenolic OH excluding ortho intramolecular Hbond substituents is 1. The molecule has 1 fully saturated rings. The zero-order valence-corrected chi connectivity index (χ0v) is 12.4. The number of carbonyl (C=O) groups is 2. The fourth-order valence-electron chi connectivity index (χ4n) is 2.50. The molecule has 2 aromatic rings. The number of hydrogen-bond donors (Lipinski definition) is 2. The van der Waals surface area contributed by atoms with Gasteiger partial charge in [0.05, 0.1) is 17.0 Å². The van der Waals surface area contributed by atoms with Crippen molar-refractivity contribution in [2.75, 3.05) is 10.2 Å². The minimum atomic E-state index is -0.743. The van der Waals surface area contributed by atoms with Crippen LogP contribution >= 0.6 is 0 Å². The highest BCUT2D eigenvalue weighted by Crippen LogP contribution is 2.26. The maximum absolute atomic E-state index is 12.5. The summed E-state index contributed by atoms with van der Waals surface area (Å²) in [6, 6.07) is 10.6. The number of imide groups is 1. The minimum Gasteiger partial charge on any atom is -0.508 e. The van der Waals surface area contributed by atoms with E-state index in [9.17, 15) is 24.8 Å². The molecule has 0 spiro atoms. The van der Waals surface area contributed by atoms with E-state index in [2.05, 4.69) is 5.32 Å². The summed E-state index contributed by atoms with van der Waals surface area (Å²) in [7, 11) is 0. The molecule has 8 heteroatoms. The number of rotatable bonds is 4. The molecule has 1 aliphatic heterocycles. The number of amides is 2. The lowest BCUT2D eigenvalue weighted by molar-refractivity contribution is -0.384. The molecule has 8 nitrogen and oxygen atoms in total. The van der Waals surface area contributed by atoms with E-state index in [1.54, 1.807) is 0 Å². The highest BCUT2D eigenvalue weighted by atomic mass is 16.6. The van der Waals surface area contributed by atoms with Crippen LogP contribution in [0.25, 0.3) is 0 Å². The predicted molar refractivity (Wildman–Crippen MR) is 85.7 cm³/mol. The molecule has 2 N–H and O–H groups in total. The molecule has 1 aliphatic rings. The van der Waals surface area contributed by atoms with Crippen molar-refractivity contribution < 1.29 is 19.6 Å². The van der Waals surface area contributed by atoms with Crippen molar-refractivity contribution >= 4 is 28.9 Å². The first-order chi connectivity index (χ1) is 11.5. The zero-order valence-electron chi connectivity index (χ0n) is 12.4. The molecule has 0 aliphatic carbocycles. The maximum atomic E-state index is 12.5. The second-order valence-corrected chi connectivity index (χ2v) is 5.29. The normalized spacial score (nSPS) is 17.2. The van der Waals surface area contributed by atoms with Gasteiger partial charge < -0.3 is 10.4 Å². The van der Waals surface area contributed by atoms with Gasteiger partial charge in [-0.2, -0.15) is 0 Å². The summed E-state index contributed by atoms with van der Waals surface area (Å²) < 4.78 is 0. The van der Waals surface area contributed by atoms with Crippen LogP contribution in [0.3, 0.4) is 0 Å². The summed E-state index contributed by atoms with van der Waals surface area (Å²) in [6.45, 7) is 0. The van der Waals surface area contributed by atoms with Gasteiger partial charge in [0.1, 0.15) is 11.8 Å². The largest absolute Gasteiger partial charge is 0.508 e. The first kappa shape index (κ1) is 15.5. The van der Waals surface area contributed by atoms with Crippen LogP contribution in [0.2, 0.25) is 0 Å². The van der Waals surface area contributed by atoms with Crippen molar-refractivity contribution in [1.29, 1.82) is 0 Å². The number of aromatic hydroxyl groups is 1. The molecule has 3 rings (SSSR count). The average Bonchev–Trinajstić information content (AvgIpc) is 2.83. The molecule has 1 atom stereocenters. The summed E-state index contributed by atoms with van der Waals surface area (Å²) in [6.07, 6.45) is -0.0172. The fraction of sp³-hybridized carbons (Fsp3) is 0.125. The number of phenols is 1. The molecule has 1 unspecified atom stereocenters. The first-order valence-corrected chi connectivity index (χ1v) is 7.12. The van der Waals surface area contributed by atoms with Crippen LogP contribution in [0, 0.1) is 10.1 Å². The molecule has 122 valence electrons. The average molecular weight is 327 g/mol. The lowest BCUT2D eigenvalue weighted by Crippen LogP contribution is -2.34. The number of anilines is 2. The van der Waals surface area contributed by atoms with Gasteiger partial charge in [-0.25, -0.2) is 4.90 Å². The molecule has 0 saturated carbocycles. The molecule has 24 heavy (non-hydrogen) atoms. The number of nitro benzene ring substituents is 1. The number of nitrogens with zero attached hydrogens (tertiary/aromatic N) is 2. The van der Waals surface area contributed by atoms with Gasteiger partial charge in [0, 0.05) is 17.8 Å². The van der Waals surface area contributed by atoms with E-state index in [-0.39, 0.29) is 23.8 Å². The SMILES string of the molecule is O=C1CC(Nc2ccc([N+](=O)[O-])cc2)C(=O)N1c1ccc(O)cc1. The quantitative estimate of drug-likeness (QED) is 0.505. The molecule has 2 amide bonds. The van der Waals surface area contributed by atoms with Gasteiger partial charge in [-0.1, -0.05) is 0 Å². The van der Waals surface area contributed by atoms with E-state index in [0.29, 0.717) is 11.4 Å². The monoisotopic (exact) mass is 327 g/mol. The number of nitro groups is 1. The van der Waals surface area contributed by atoms with Crippen LogP contribution in [0.4, 0.5) is 17.1 Å². The summed E-state index contributed by atoms with van der Waals surface area (Å²) in [5.74, 6) is -0.729. The van der Waals surface area contributed by atoms with Crippen molar-refractivity contribution in [3.05, 3.63) is 58.6 Å². The maximum Gasteiger partial charge on any atom is 0.269 e. The Hall–Kier alpha value is -3.42. The Morgan fingerprint density at radius 3 is 2.29 bits per heavy atom. The molecule has 0 bridgehead atoms. The van der Waals surface area contributed by atoms with E-state index < -0.39 is 16.9 Å². The van der Waals surface area contributed by atoms with Gasteiger partial charge in [0.25, 0.3) is 11.6 Å². The van der Waals surface area contributed by atoms with Crippen molar-refractivity contribution in [2.24, 2.45) is 0 Å². The van der Waals surface area contributed by atoms with Crippen LogP contribution in [-0.2, 0) is 9.59 Å². The Balaban J connectivity index is 1.76. The molecular weight excluding hydrogens is 314 g/mol. The Bertz CT molecular complexity index is 801. The van der Waals surface area contributed by atoms with Crippen LogP contribution in [0.5, 0.6) is 5.75 Å². The third-order valence-corrected chi connectivity index (χ3v) is 3.67. The second-order valence-electron chi connectivity index (χ2n) is 5.29. The van der Waals surface area contributed by atoms with Gasteiger partial charge in [-0.3, -0.25) is 19.7 Å². The third kappa shape index (κ3) is 2.89. The van der Waals surface area contributed by atoms with E-state index in [1.807, 2.05) is 0 Å². The number of hydrogen-bond acceptors (Lipinski definition) is 6. The van der Waals surface area contributed by atoms with Gasteiger partial charge in [-0.05, 0) is 36.4 Å². The Labute approximate surface area is 136 Å². The van der Waals surface area contributed by atoms with E-state index in [1.165, 1.54) is 48.5 Å². The predicted octanol–water partition coefficient (Wildman–Crippen LogP) is 2.04. The molecule has 0 aromatic heterocycles. The molecule has 1 heterocycles. The summed E-state index contributed by atoms with van der Waals surface area (Å²) in [5, 5.41) is 22.8. The highest BCUT2D eigenvalue weighted by molar-refractivity contribution is 6.23. The van der Waals surface area contributed by atoms with Crippen LogP contribution < -0.4 is 10.2 Å². The third-order valence-electron chi connectivity index (χ3n) is 3.67. The van der Waals surface area contributed by atoms with E-state index in [4.69, 9.17) is 0 Å². The van der Waals surface area contributed by atoms with Crippen LogP contribution in [-0.4, -0.2) is 27.9 Å². The van der Waals surface area contributed by atoms with E-state index >= 15 is 0 Å². The van der Waals surface area contributed by atoms with Crippen LogP contribution in [0.1, 0.15) is 6.42 Å². The van der Waals surface area contributed by atoms with Gasteiger partial charge >= 0.3 is 0 Å². The smallest absolute Gasteiger partial charge is 0.269 e. The van der Waals surface area contributed by atoms with E-state index in [0.717, 1.165) is 4.90 Å². The number of non-ortho nitro benzene ring substituents is 1. The van der Waals surface area contributed by atoms with Crippen molar-refractivity contribution in [3.63, 3.8) is 0 Å². The minimum absolute atomic E-state index is 0.0172. The van der Waals surface area contributed by atoms with Gasteiger partial charge in [-0.15, -0.1) is 0 Å². The zero-order chi connectivity index (χ0) is 17.3. The lowest BCUT2D eigenvalue weighted by atomic mass is 10.2. The van der Waals surface area contributed by atoms with Gasteiger partial charge in [0.15, 0.2) is 0 Å². The second kappa shape index (κ2) is 5.99. The number of carbonyl (C=O) groups excluding carboxylic acids is 2. The fourth-order valence-corrected chi connectivity index (χ4v) is 2.50. The Kier molecular flexibility index (Phi) is 3.87. The van der Waals surface area contributed by atoms with Crippen molar-refractivity contribution in [1.82, 2.24) is 0 Å². The topological polar surface area (TPSA) is 113 Å². The summed E-state index contributed by atoms with van der Waals surface area (Å²) in [5.41, 5.74) is 0.843. The van der Waals surface area contributed by atoms with Crippen molar-refractivity contribution in [3.8, 4) is 5.75 Å². The molecular formula is C16H13N3O5. The number of benzene rings is 2. The highest BCUT2D eigenvalue weighted by Gasteiger charge is 2.39. The summed E-state index contributed by atoms with van der Waals surface area (Å²) in [4.78, 5) is 35.8. The Morgan fingerprint density at radius 1 is 1.08 bits per heavy atom. The molecule has 1 saturated heterocycles. The van der Waals surface area contributed by atoms with Gasteiger partial charge in [0.2, 0.25) is 5.91 Å². The van der Waals surface area contributed by atoms with Crippen molar-refractivity contribution in [2.45, 2.75) is 12.5 Å². The van der Waals surface area contributed by atoms with Crippen LogP contribution in [0.15, 0.2) is 48.5 Å². The molecule has 2 aromatic carbocycles. The lowest BCUT2D eigenvalue weighted by Gasteiger charge is -2.16. The molecule has 0 radical (unpaired) electrons. The Morgan fingerprint density at radius 2 is 1.71 bits per heavy atom. The standard InChI is InChI=1S/C16H13N3O5/c20-13-7-5-11(6-8-13)18-15(21)9-14(16(18)22)17-10-1-3-12(4-2-10)19(23)24/h1-8,14,17,20H,9H2. The first-order valence-electron chi connectivity index (χ1n) is 7.12. The summed E-state index contributed by atoms with van der Waals surface area (Å²) >= 11 is 0.